The third-order valence-electron chi connectivity index (χ3n) is 2.40. The number of nitrogens with zero attached hydrogens (tertiary/aromatic N) is 3. The predicted octanol–water partition coefficient (Wildman–Crippen LogP) is 1.48. The van der Waals surface area contributed by atoms with Crippen LogP contribution in [0.3, 0.4) is 0 Å². The number of non-ortho nitro benzene ring substituents is 1. The molecule has 0 bridgehead atoms. The number of likely N-dealkylation sites (N-methyl/N-ethyl adjacent to an activating group) is 1. The second-order valence-corrected chi connectivity index (χ2v) is 4.86. The molecule has 1 unspecified atom stereocenters. The molecule has 7 heteroatoms. The van der Waals surface area contributed by atoms with Gasteiger partial charge >= 0.3 is 0 Å². The molecule has 0 aliphatic rings. The molecule has 1 N–H and O–H groups in total. The molecule has 1 amide bonds. The molecular formula is C12H17N3O4. The zero-order valence-corrected chi connectivity index (χ0v) is 11.1. The molecule has 0 aliphatic carbocycles. The van der Waals surface area contributed by atoms with Crippen LogP contribution in [0.4, 0.5) is 5.69 Å². The minimum absolute atomic E-state index is 0.00646. The van der Waals surface area contributed by atoms with Crippen molar-refractivity contribution in [3.8, 4) is 0 Å². The lowest BCUT2D eigenvalue weighted by Crippen LogP contribution is -2.42. The third-order valence-corrected chi connectivity index (χ3v) is 2.40. The molecule has 0 heterocycles. The predicted molar refractivity (Wildman–Crippen MR) is 69.4 cm³/mol. The van der Waals surface area contributed by atoms with E-state index >= 15 is 0 Å². The minimum atomic E-state index is -0.580. The number of quaternary nitrogens is 1. The third kappa shape index (κ3) is 4.65. The van der Waals surface area contributed by atoms with E-state index in [-0.39, 0.29) is 15.8 Å². The molecular weight excluding hydrogens is 250 g/mol. The highest BCUT2D eigenvalue weighted by Crippen LogP contribution is 2.17. The van der Waals surface area contributed by atoms with E-state index in [0.717, 1.165) is 0 Å². The first kappa shape index (κ1) is 15.1. The van der Waals surface area contributed by atoms with Crippen molar-refractivity contribution in [3.63, 3.8) is 0 Å². The molecule has 0 aliphatic heterocycles. The number of hydrogen-bond acceptors (Lipinski definition) is 4. The lowest BCUT2D eigenvalue weighted by molar-refractivity contribution is -0.852. The highest BCUT2D eigenvalue weighted by atomic mass is 16.6. The van der Waals surface area contributed by atoms with E-state index in [4.69, 9.17) is 0 Å². The maximum atomic E-state index is 11.9. The Kier molecular flexibility index (Phi) is 4.57. The van der Waals surface area contributed by atoms with Crippen LogP contribution in [0.15, 0.2) is 24.3 Å². The van der Waals surface area contributed by atoms with Crippen LogP contribution < -0.4 is 0 Å². The fourth-order valence-corrected chi connectivity index (χ4v) is 1.72. The number of carbonyl (C=O) groups is 1. The number of aliphatic hydroxyl groups is 1. The molecule has 0 fully saturated rings. The van der Waals surface area contributed by atoms with Gasteiger partial charge in [0.05, 0.1) is 31.7 Å². The summed E-state index contributed by atoms with van der Waals surface area (Å²) in [6.45, 7) is 1.92. The standard InChI is InChI=1S/C12H17N3O4/c1-9(16)8-15(2,3)13-12(17)10-4-6-11(7-5-10)14(18)19/h4-7,9,16H,8H2,1-3H3. The van der Waals surface area contributed by atoms with Crippen molar-refractivity contribution in [1.29, 1.82) is 0 Å². The van der Waals surface area contributed by atoms with E-state index in [1.165, 1.54) is 24.3 Å². The second kappa shape index (κ2) is 5.77. The summed E-state index contributed by atoms with van der Waals surface area (Å²) in [5, 5.41) is 19.8. The molecule has 1 rings (SSSR count). The zero-order valence-electron chi connectivity index (χ0n) is 11.1. The largest absolute Gasteiger partial charge is 0.451 e. The van der Waals surface area contributed by atoms with Gasteiger partial charge in [0.2, 0.25) is 0 Å². The van der Waals surface area contributed by atoms with Gasteiger partial charge in [0.15, 0.2) is 0 Å². The monoisotopic (exact) mass is 267 g/mol. The molecule has 1 aromatic carbocycles. The van der Waals surface area contributed by atoms with E-state index in [0.29, 0.717) is 6.54 Å². The van der Waals surface area contributed by atoms with Gasteiger partial charge in [-0.25, -0.2) is 0 Å². The normalized spacial score (nSPS) is 12.8. The van der Waals surface area contributed by atoms with Crippen LogP contribution in [-0.4, -0.2) is 47.3 Å². The maximum absolute atomic E-state index is 11.9. The quantitative estimate of drug-likeness (QED) is 0.496. The summed E-state index contributed by atoms with van der Waals surface area (Å²) in [7, 11) is 3.38. The first-order chi connectivity index (χ1) is 8.71. The highest BCUT2D eigenvalue weighted by molar-refractivity contribution is 6.02. The van der Waals surface area contributed by atoms with Crippen molar-refractivity contribution < 1.29 is 19.4 Å². The van der Waals surface area contributed by atoms with Crippen LogP contribution in [0.1, 0.15) is 17.3 Å². The Morgan fingerprint density at radius 1 is 1.42 bits per heavy atom. The number of hydrogen-bond donors (Lipinski definition) is 1. The topological polar surface area (TPSA) is 94.5 Å². The van der Waals surface area contributed by atoms with E-state index in [2.05, 4.69) is 5.43 Å². The van der Waals surface area contributed by atoms with Crippen molar-refractivity contribution >= 4 is 11.6 Å². The minimum Gasteiger partial charge on any atom is -0.451 e. The Hall–Kier alpha value is -1.99. The van der Waals surface area contributed by atoms with Crippen LogP contribution in [0.25, 0.3) is 5.43 Å². The molecule has 0 radical (unpaired) electrons. The summed E-state index contributed by atoms with van der Waals surface area (Å²) < 4.78 is -0.00646. The number of aliphatic hydroxyl groups excluding tert-OH is 1. The number of amides is 1. The summed E-state index contributed by atoms with van der Waals surface area (Å²) in [5.74, 6) is -0.472. The highest BCUT2D eigenvalue weighted by Gasteiger charge is 2.13. The summed E-state index contributed by atoms with van der Waals surface area (Å²) >= 11 is 0. The molecule has 0 spiro atoms. The molecule has 0 saturated carbocycles. The number of rotatable bonds is 5. The summed E-state index contributed by atoms with van der Waals surface area (Å²) in [6, 6.07) is 5.26. The fraction of sp³-hybridized carbons (Fsp3) is 0.417. The molecule has 1 aromatic rings. The first-order valence-electron chi connectivity index (χ1n) is 5.74. The Morgan fingerprint density at radius 3 is 2.37 bits per heavy atom. The molecule has 0 aromatic heterocycles. The van der Waals surface area contributed by atoms with Crippen molar-refractivity contribution in [1.82, 2.24) is 0 Å². The van der Waals surface area contributed by atoms with Gasteiger partial charge < -0.3 is 19.9 Å². The van der Waals surface area contributed by atoms with Crippen LogP contribution in [0.2, 0.25) is 0 Å². The van der Waals surface area contributed by atoms with Crippen molar-refractivity contribution in [2.75, 3.05) is 20.6 Å². The van der Waals surface area contributed by atoms with E-state index < -0.39 is 16.9 Å². The van der Waals surface area contributed by atoms with Crippen molar-refractivity contribution in [3.05, 3.63) is 45.4 Å². The zero-order chi connectivity index (χ0) is 14.6. The average molecular weight is 267 g/mol. The molecule has 7 nitrogen and oxygen atoms in total. The molecule has 19 heavy (non-hydrogen) atoms. The van der Waals surface area contributed by atoms with Crippen LogP contribution >= 0.6 is 0 Å². The van der Waals surface area contributed by atoms with Crippen LogP contribution in [0, 0.1) is 10.1 Å². The lowest BCUT2D eigenvalue weighted by atomic mass is 10.2. The smallest absolute Gasteiger partial charge is 0.269 e. The van der Waals surface area contributed by atoms with Gasteiger partial charge in [-0.15, -0.1) is 0 Å². The molecule has 104 valence electrons. The van der Waals surface area contributed by atoms with Crippen molar-refractivity contribution in [2.24, 2.45) is 0 Å². The number of benzene rings is 1. The van der Waals surface area contributed by atoms with E-state index in [9.17, 15) is 20.0 Å². The maximum Gasteiger partial charge on any atom is 0.269 e. The summed E-state index contributed by atoms with van der Waals surface area (Å²) in [4.78, 5) is 21.9. The Bertz CT molecular complexity index is 468. The van der Waals surface area contributed by atoms with Gasteiger partial charge in [-0.3, -0.25) is 10.1 Å². The van der Waals surface area contributed by atoms with Gasteiger partial charge in [-0.1, -0.05) is 0 Å². The van der Waals surface area contributed by atoms with Crippen LogP contribution in [0.5, 0.6) is 0 Å². The first-order valence-corrected chi connectivity index (χ1v) is 5.74. The summed E-state index contributed by atoms with van der Waals surface area (Å²) in [6.07, 6.45) is -0.580. The van der Waals surface area contributed by atoms with Crippen LogP contribution in [-0.2, 0) is 0 Å². The van der Waals surface area contributed by atoms with Gasteiger partial charge in [-0.2, -0.15) is 0 Å². The number of carbonyl (C=O) groups excluding carboxylic acids is 1. The van der Waals surface area contributed by atoms with Gasteiger partial charge in [0.1, 0.15) is 5.91 Å². The SMILES string of the molecule is CC(O)C[N+](C)(C)[N-]C(=O)c1ccc([N+](=O)[O-])cc1. The van der Waals surface area contributed by atoms with E-state index in [1.54, 1.807) is 21.0 Å². The average Bonchev–Trinajstić information content (AvgIpc) is 2.26. The second-order valence-electron chi connectivity index (χ2n) is 4.86. The van der Waals surface area contributed by atoms with Gasteiger partial charge in [0, 0.05) is 17.7 Å². The number of nitro groups is 1. The number of nitro benzene ring substituents is 1. The Morgan fingerprint density at radius 2 is 1.95 bits per heavy atom. The lowest BCUT2D eigenvalue weighted by Gasteiger charge is -2.42. The molecule has 1 atom stereocenters. The van der Waals surface area contributed by atoms with Gasteiger partial charge in [-0.05, 0) is 19.1 Å². The Labute approximate surface area is 111 Å². The fourth-order valence-electron chi connectivity index (χ4n) is 1.72. The van der Waals surface area contributed by atoms with E-state index in [1.807, 2.05) is 0 Å². The molecule has 0 saturated heterocycles. The van der Waals surface area contributed by atoms with Crippen molar-refractivity contribution in [2.45, 2.75) is 13.0 Å². The van der Waals surface area contributed by atoms with Gasteiger partial charge in [0.25, 0.3) is 5.69 Å². The Balaban J connectivity index is 2.75. The summed E-state index contributed by atoms with van der Waals surface area (Å²) in [5.41, 5.74) is 4.17.